The first kappa shape index (κ1) is 11.8. The molecule has 2 heterocycles. The molecule has 0 unspecified atom stereocenters. The number of aromatic nitrogens is 3. The predicted octanol–water partition coefficient (Wildman–Crippen LogP) is 3.13. The Labute approximate surface area is 103 Å². The van der Waals surface area contributed by atoms with E-state index in [1.54, 1.807) is 6.20 Å². The van der Waals surface area contributed by atoms with Crippen LogP contribution in [0.3, 0.4) is 0 Å². The third-order valence-corrected chi connectivity index (χ3v) is 2.80. The van der Waals surface area contributed by atoms with E-state index in [4.69, 9.17) is 5.10 Å². The first-order chi connectivity index (χ1) is 8.02. The fourth-order valence-corrected chi connectivity index (χ4v) is 1.74. The molecule has 90 valence electrons. The zero-order valence-electron chi connectivity index (χ0n) is 10.9. The van der Waals surface area contributed by atoms with Gasteiger partial charge in [0.05, 0.1) is 17.6 Å². The first-order valence-corrected chi connectivity index (χ1v) is 6.02. The van der Waals surface area contributed by atoms with Crippen molar-refractivity contribution >= 4 is 0 Å². The molecule has 0 aliphatic carbocycles. The molecule has 0 saturated heterocycles. The molecule has 2 aromatic rings. The monoisotopic (exact) mass is 229 g/mol. The van der Waals surface area contributed by atoms with Crippen molar-refractivity contribution in [3.05, 3.63) is 42.0 Å². The zero-order valence-corrected chi connectivity index (χ0v) is 10.9. The van der Waals surface area contributed by atoms with E-state index in [9.17, 15) is 0 Å². The number of nitrogens with zero attached hydrogens (tertiary/aromatic N) is 3. The van der Waals surface area contributed by atoms with Gasteiger partial charge in [-0.05, 0) is 24.6 Å². The summed E-state index contributed by atoms with van der Waals surface area (Å²) in [6, 6.07) is 6.16. The minimum atomic E-state index is 0.0807. The number of pyridine rings is 1. The van der Waals surface area contributed by atoms with E-state index in [0.717, 1.165) is 17.8 Å². The highest BCUT2D eigenvalue weighted by Crippen LogP contribution is 2.23. The van der Waals surface area contributed by atoms with Crippen molar-refractivity contribution in [2.45, 2.75) is 39.5 Å². The normalized spacial score (nSPS) is 11.8. The van der Waals surface area contributed by atoms with Gasteiger partial charge in [0.2, 0.25) is 0 Å². The number of hydrogen-bond acceptors (Lipinski definition) is 2. The van der Waals surface area contributed by atoms with Crippen LogP contribution >= 0.6 is 0 Å². The lowest BCUT2D eigenvalue weighted by molar-refractivity contribution is 0.560. The van der Waals surface area contributed by atoms with Gasteiger partial charge in [0.25, 0.3) is 0 Å². The summed E-state index contributed by atoms with van der Waals surface area (Å²) >= 11 is 0. The van der Waals surface area contributed by atoms with Crippen LogP contribution in [0.15, 0.2) is 30.6 Å². The maximum absolute atomic E-state index is 4.70. The van der Waals surface area contributed by atoms with Crippen molar-refractivity contribution in [2.24, 2.45) is 0 Å². The van der Waals surface area contributed by atoms with Gasteiger partial charge in [-0.15, -0.1) is 0 Å². The van der Waals surface area contributed by atoms with E-state index < -0.39 is 0 Å². The van der Waals surface area contributed by atoms with Crippen LogP contribution in [0.25, 0.3) is 5.69 Å². The molecule has 0 aliphatic rings. The molecule has 0 atom stereocenters. The maximum Gasteiger partial charge on any atom is 0.0832 e. The Kier molecular flexibility index (Phi) is 3.01. The van der Waals surface area contributed by atoms with Crippen molar-refractivity contribution < 1.29 is 0 Å². The van der Waals surface area contributed by atoms with Gasteiger partial charge in [0.15, 0.2) is 0 Å². The van der Waals surface area contributed by atoms with Crippen molar-refractivity contribution in [1.82, 2.24) is 14.8 Å². The van der Waals surface area contributed by atoms with Crippen LogP contribution in [0.2, 0.25) is 0 Å². The number of hydrogen-bond donors (Lipinski definition) is 0. The molecule has 3 heteroatoms. The van der Waals surface area contributed by atoms with E-state index in [1.165, 1.54) is 5.69 Å². The van der Waals surface area contributed by atoms with Crippen LogP contribution in [0.5, 0.6) is 0 Å². The summed E-state index contributed by atoms with van der Waals surface area (Å²) in [5.74, 6) is 0. The van der Waals surface area contributed by atoms with Crippen molar-refractivity contribution in [3.8, 4) is 5.69 Å². The topological polar surface area (TPSA) is 30.7 Å². The Balaban J connectivity index is 2.51. The largest absolute Gasteiger partial charge is 0.262 e. The fourth-order valence-electron chi connectivity index (χ4n) is 1.74. The molecule has 0 spiro atoms. The molecule has 0 aliphatic heterocycles. The Morgan fingerprint density at radius 2 is 2.06 bits per heavy atom. The lowest BCUT2D eigenvalue weighted by Gasteiger charge is -2.14. The van der Waals surface area contributed by atoms with Gasteiger partial charge < -0.3 is 0 Å². The Morgan fingerprint density at radius 3 is 2.59 bits per heavy atom. The third kappa shape index (κ3) is 2.38. The number of aryl methyl sites for hydroxylation is 1. The van der Waals surface area contributed by atoms with Crippen LogP contribution in [-0.2, 0) is 11.8 Å². The highest BCUT2D eigenvalue weighted by Gasteiger charge is 2.19. The second-order valence-electron chi connectivity index (χ2n) is 5.25. The standard InChI is InChI=1S/C14H19N3/c1-5-11-9-13(14(2,3)4)16-17(11)12-7-6-8-15-10-12/h6-10H,5H2,1-4H3. The Bertz CT molecular complexity index is 492. The molecule has 0 radical (unpaired) electrons. The van der Waals surface area contributed by atoms with E-state index in [2.05, 4.69) is 38.7 Å². The van der Waals surface area contributed by atoms with Gasteiger partial charge in [-0.2, -0.15) is 5.10 Å². The second kappa shape index (κ2) is 4.32. The molecule has 3 nitrogen and oxygen atoms in total. The molecule has 0 fully saturated rings. The predicted molar refractivity (Wildman–Crippen MR) is 69.4 cm³/mol. The van der Waals surface area contributed by atoms with E-state index in [0.29, 0.717) is 0 Å². The molecule has 17 heavy (non-hydrogen) atoms. The summed E-state index contributed by atoms with van der Waals surface area (Å²) in [6.07, 6.45) is 4.60. The molecular weight excluding hydrogens is 210 g/mol. The summed E-state index contributed by atoms with van der Waals surface area (Å²) < 4.78 is 1.99. The summed E-state index contributed by atoms with van der Waals surface area (Å²) in [6.45, 7) is 8.70. The fraction of sp³-hybridized carbons (Fsp3) is 0.429. The lowest BCUT2D eigenvalue weighted by atomic mass is 9.92. The molecule has 2 rings (SSSR count). The zero-order chi connectivity index (χ0) is 12.5. The average Bonchev–Trinajstić information content (AvgIpc) is 2.73. The second-order valence-corrected chi connectivity index (χ2v) is 5.25. The van der Waals surface area contributed by atoms with Crippen LogP contribution in [0.4, 0.5) is 0 Å². The molecular formula is C14H19N3. The van der Waals surface area contributed by atoms with Crippen LogP contribution < -0.4 is 0 Å². The van der Waals surface area contributed by atoms with Gasteiger partial charge in [0.1, 0.15) is 0 Å². The molecule has 0 bridgehead atoms. The Morgan fingerprint density at radius 1 is 1.29 bits per heavy atom. The van der Waals surface area contributed by atoms with Gasteiger partial charge in [-0.25, -0.2) is 4.68 Å². The highest BCUT2D eigenvalue weighted by atomic mass is 15.3. The summed E-state index contributed by atoms with van der Waals surface area (Å²) in [5.41, 5.74) is 3.46. The van der Waals surface area contributed by atoms with Gasteiger partial charge >= 0.3 is 0 Å². The Hall–Kier alpha value is -1.64. The van der Waals surface area contributed by atoms with Crippen molar-refractivity contribution in [2.75, 3.05) is 0 Å². The minimum absolute atomic E-state index is 0.0807. The van der Waals surface area contributed by atoms with Crippen LogP contribution in [-0.4, -0.2) is 14.8 Å². The van der Waals surface area contributed by atoms with Crippen molar-refractivity contribution in [3.63, 3.8) is 0 Å². The van der Waals surface area contributed by atoms with E-state index >= 15 is 0 Å². The quantitative estimate of drug-likeness (QED) is 0.792. The smallest absolute Gasteiger partial charge is 0.0832 e. The van der Waals surface area contributed by atoms with Gasteiger partial charge in [0, 0.05) is 17.3 Å². The van der Waals surface area contributed by atoms with Crippen LogP contribution in [0, 0.1) is 0 Å². The third-order valence-electron chi connectivity index (χ3n) is 2.80. The van der Waals surface area contributed by atoms with Crippen molar-refractivity contribution in [1.29, 1.82) is 0 Å². The summed E-state index contributed by atoms with van der Waals surface area (Å²) in [5, 5.41) is 4.70. The molecule has 0 amide bonds. The van der Waals surface area contributed by atoms with Gasteiger partial charge in [-0.1, -0.05) is 27.7 Å². The lowest BCUT2D eigenvalue weighted by Crippen LogP contribution is -2.12. The average molecular weight is 229 g/mol. The summed E-state index contributed by atoms with van der Waals surface area (Å²) in [4.78, 5) is 4.15. The maximum atomic E-state index is 4.70. The SMILES string of the molecule is CCc1cc(C(C)(C)C)nn1-c1cccnc1. The van der Waals surface area contributed by atoms with Gasteiger partial charge in [-0.3, -0.25) is 4.98 Å². The number of rotatable bonds is 2. The summed E-state index contributed by atoms with van der Waals surface area (Å²) in [7, 11) is 0. The molecule has 0 aromatic carbocycles. The minimum Gasteiger partial charge on any atom is -0.262 e. The molecule has 0 N–H and O–H groups in total. The van der Waals surface area contributed by atoms with Crippen LogP contribution in [0.1, 0.15) is 39.1 Å². The molecule has 2 aromatic heterocycles. The first-order valence-electron chi connectivity index (χ1n) is 6.02. The molecule has 0 saturated carbocycles. The van der Waals surface area contributed by atoms with E-state index in [-0.39, 0.29) is 5.41 Å². The van der Waals surface area contributed by atoms with E-state index in [1.807, 2.05) is 23.0 Å². The highest BCUT2D eigenvalue weighted by molar-refractivity contribution is 5.31.